The van der Waals surface area contributed by atoms with Crippen LogP contribution in [0.2, 0.25) is 0 Å². The highest BCUT2D eigenvalue weighted by Gasteiger charge is 2.29. The van der Waals surface area contributed by atoms with Gasteiger partial charge in [0, 0.05) is 30.3 Å². The number of pyridine rings is 1. The zero-order valence-corrected chi connectivity index (χ0v) is 21.7. The van der Waals surface area contributed by atoms with Gasteiger partial charge in [0.15, 0.2) is 0 Å². The second-order valence-corrected chi connectivity index (χ2v) is 11.5. The van der Waals surface area contributed by atoms with Crippen molar-refractivity contribution in [3.05, 3.63) is 59.6 Å². The number of hydrogen-bond donors (Lipinski definition) is 2. The lowest BCUT2D eigenvalue weighted by Gasteiger charge is -2.34. The van der Waals surface area contributed by atoms with Crippen LogP contribution >= 0.6 is 18.9 Å². The number of amides is 1. The molecule has 3 N–H and O–H groups in total. The first-order valence-electron chi connectivity index (χ1n) is 11.8. The van der Waals surface area contributed by atoms with Gasteiger partial charge in [0.05, 0.1) is 29.6 Å². The second kappa shape index (κ2) is 11.4. The normalized spacial score (nSPS) is 16.1. The molecule has 1 aliphatic heterocycles. The quantitative estimate of drug-likeness (QED) is 0.271. The summed E-state index contributed by atoms with van der Waals surface area (Å²) in [7, 11) is -3.02. The van der Waals surface area contributed by atoms with Crippen LogP contribution in [-0.4, -0.2) is 42.9 Å². The lowest BCUT2D eigenvalue weighted by atomic mass is 10.1. The number of rotatable bonds is 9. The Kier molecular flexibility index (Phi) is 8.23. The summed E-state index contributed by atoms with van der Waals surface area (Å²) in [5.41, 5.74) is 8.63. The fraction of sp³-hybridized carbons (Fsp3) is 0.360. The van der Waals surface area contributed by atoms with E-state index in [9.17, 15) is 9.36 Å². The average molecular weight is 515 g/mol. The number of thiophene rings is 1. The predicted molar refractivity (Wildman–Crippen MR) is 142 cm³/mol. The van der Waals surface area contributed by atoms with Gasteiger partial charge >= 0.3 is 7.60 Å². The van der Waals surface area contributed by atoms with E-state index in [1.807, 2.05) is 49.6 Å². The van der Waals surface area contributed by atoms with E-state index in [1.54, 1.807) is 29.7 Å². The maximum absolute atomic E-state index is 12.8. The molecule has 0 saturated carbocycles. The second-order valence-electron chi connectivity index (χ2n) is 8.28. The zero-order valence-electron chi connectivity index (χ0n) is 20.0. The number of benzene rings is 1. The van der Waals surface area contributed by atoms with E-state index in [0.717, 1.165) is 42.2 Å². The minimum Gasteiger partial charge on any atom is -0.397 e. The third kappa shape index (κ3) is 6.30. The van der Waals surface area contributed by atoms with Crippen LogP contribution in [0.3, 0.4) is 0 Å². The van der Waals surface area contributed by atoms with Crippen LogP contribution in [0.5, 0.6) is 0 Å². The Labute approximate surface area is 210 Å². The van der Waals surface area contributed by atoms with Crippen molar-refractivity contribution in [3.63, 3.8) is 0 Å². The van der Waals surface area contributed by atoms with Gasteiger partial charge < -0.3 is 25.0 Å². The van der Waals surface area contributed by atoms with Crippen LogP contribution in [0.1, 0.15) is 37.0 Å². The molecule has 0 radical (unpaired) electrons. The predicted octanol–water partition coefficient (Wildman–Crippen LogP) is 5.88. The van der Waals surface area contributed by atoms with Gasteiger partial charge in [-0.1, -0.05) is 19.1 Å². The molecule has 4 rings (SSSR count). The highest BCUT2D eigenvalue weighted by atomic mass is 32.1. The molecule has 35 heavy (non-hydrogen) atoms. The van der Waals surface area contributed by atoms with E-state index in [4.69, 9.17) is 14.8 Å². The molecule has 1 fully saturated rings. The number of aromatic nitrogens is 1. The van der Waals surface area contributed by atoms with Crippen molar-refractivity contribution in [2.75, 3.05) is 41.8 Å². The van der Waals surface area contributed by atoms with Crippen molar-refractivity contribution in [3.8, 4) is 10.4 Å². The smallest absolute Gasteiger partial charge is 0.330 e. The first-order valence-corrected chi connectivity index (χ1v) is 14.4. The number of anilines is 3. The number of nitrogens with one attached hydrogen (secondary N) is 1. The molecule has 0 aliphatic carbocycles. The van der Waals surface area contributed by atoms with E-state index >= 15 is 0 Å². The molecule has 2 aromatic heterocycles. The standard InChI is InChI=1S/C25H31N4O4PS/c1-3-32-34(31,4-2)33-20-11-13-29(14-12-20)24-10-8-19(17-27-24)25(30)28-22-16-18(7-9-21(22)26)23-6-5-15-35-23/h5-10,15-17,20H,3-4,11-14,26H2,1-2H3,(H,28,30). The summed E-state index contributed by atoms with van der Waals surface area (Å²) >= 11 is 1.63. The van der Waals surface area contributed by atoms with Crippen molar-refractivity contribution in [1.82, 2.24) is 4.98 Å². The summed E-state index contributed by atoms with van der Waals surface area (Å²) < 4.78 is 23.8. The lowest BCUT2D eigenvalue weighted by Crippen LogP contribution is -2.37. The number of carbonyl (C=O) groups excluding carboxylic acids is 1. The summed E-state index contributed by atoms with van der Waals surface area (Å²) in [6.07, 6.45) is 3.33. The fourth-order valence-corrected chi connectivity index (χ4v) is 6.15. The fourth-order valence-electron chi connectivity index (χ4n) is 3.97. The van der Waals surface area contributed by atoms with Gasteiger partial charge in [-0.05, 0) is 61.0 Å². The molecule has 1 saturated heterocycles. The molecule has 1 unspecified atom stereocenters. The third-order valence-electron chi connectivity index (χ3n) is 5.91. The molecule has 1 atom stereocenters. The Morgan fingerprint density at radius 1 is 1.23 bits per heavy atom. The van der Waals surface area contributed by atoms with E-state index in [1.165, 1.54) is 0 Å². The van der Waals surface area contributed by atoms with Crippen LogP contribution in [-0.2, 0) is 13.6 Å². The van der Waals surface area contributed by atoms with E-state index < -0.39 is 7.60 Å². The minimum atomic E-state index is -3.02. The molecular weight excluding hydrogens is 483 g/mol. The maximum Gasteiger partial charge on any atom is 0.330 e. The number of nitrogens with two attached hydrogens (primary N) is 1. The van der Waals surface area contributed by atoms with E-state index in [-0.39, 0.29) is 12.0 Å². The van der Waals surface area contributed by atoms with Crippen LogP contribution in [0.4, 0.5) is 17.2 Å². The van der Waals surface area contributed by atoms with Gasteiger partial charge in [0.25, 0.3) is 5.91 Å². The zero-order chi connectivity index (χ0) is 24.8. The van der Waals surface area contributed by atoms with Crippen LogP contribution in [0, 0.1) is 0 Å². The highest BCUT2D eigenvalue weighted by molar-refractivity contribution is 7.53. The summed E-state index contributed by atoms with van der Waals surface area (Å²) in [4.78, 5) is 20.6. The summed E-state index contributed by atoms with van der Waals surface area (Å²) in [6.45, 7) is 5.47. The molecule has 0 spiro atoms. The molecule has 3 aromatic rings. The number of nitrogens with zero attached hydrogens (tertiary/aromatic N) is 2. The van der Waals surface area contributed by atoms with Crippen molar-refractivity contribution in [2.24, 2.45) is 0 Å². The van der Waals surface area contributed by atoms with Crippen molar-refractivity contribution in [1.29, 1.82) is 0 Å². The van der Waals surface area contributed by atoms with Crippen molar-refractivity contribution in [2.45, 2.75) is 32.8 Å². The van der Waals surface area contributed by atoms with Crippen molar-refractivity contribution < 1.29 is 18.4 Å². The van der Waals surface area contributed by atoms with Gasteiger partial charge in [0.2, 0.25) is 0 Å². The minimum absolute atomic E-state index is 0.0935. The molecule has 1 aromatic carbocycles. The molecule has 3 heterocycles. The van der Waals surface area contributed by atoms with Gasteiger partial charge in [0.1, 0.15) is 5.82 Å². The Hall–Kier alpha value is -2.71. The largest absolute Gasteiger partial charge is 0.397 e. The summed E-state index contributed by atoms with van der Waals surface area (Å²) in [6, 6.07) is 13.3. The van der Waals surface area contributed by atoms with Crippen LogP contribution in [0.25, 0.3) is 10.4 Å². The van der Waals surface area contributed by atoms with E-state index in [0.29, 0.717) is 29.7 Å². The highest BCUT2D eigenvalue weighted by Crippen LogP contribution is 2.49. The Balaban J connectivity index is 1.35. The summed E-state index contributed by atoms with van der Waals surface area (Å²) in [5, 5.41) is 4.91. The van der Waals surface area contributed by atoms with Crippen LogP contribution < -0.4 is 16.0 Å². The van der Waals surface area contributed by atoms with Crippen molar-refractivity contribution >= 4 is 42.0 Å². The Morgan fingerprint density at radius 2 is 2.03 bits per heavy atom. The first kappa shape index (κ1) is 25.4. The van der Waals surface area contributed by atoms with Gasteiger partial charge in [-0.3, -0.25) is 9.36 Å². The topological polar surface area (TPSA) is 107 Å². The SMILES string of the molecule is CCOP(=O)(CC)OC1CCN(c2ccc(C(=O)Nc3cc(-c4cccs4)ccc3N)cn2)CC1. The van der Waals surface area contributed by atoms with E-state index in [2.05, 4.69) is 15.2 Å². The lowest BCUT2D eigenvalue weighted by molar-refractivity contribution is 0.102. The number of carbonyl (C=O) groups is 1. The maximum atomic E-state index is 12.8. The van der Waals surface area contributed by atoms with Gasteiger partial charge in [-0.2, -0.15) is 0 Å². The Bertz CT molecular complexity index is 1180. The monoisotopic (exact) mass is 514 g/mol. The molecule has 10 heteroatoms. The molecule has 1 aliphatic rings. The number of nitrogen functional groups attached to an aromatic ring is 1. The summed E-state index contributed by atoms with van der Waals surface area (Å²) in [5.74, 6) is 0.528. The average Bonchev–Trinajstić information content (AvgIpc) is 3.41. The Morgan fingerprint density at radius 3 is 2.66 bits per heavy atom. The number of piperidine rings is 1. The first-order chi connectivity index (χ1) is 16.9. The molecule has 1 amide bonds. The molecule has 8 nitrogen and oxygen atoms in total. The number of hydrogen-bond acceptors (Lipinski definition) is 8. The third-order valence-corrected chi connectivity index (χ3v) is 8.87. The van der Waals surface area contributed by atoms with Crippen LogP contribution in [0.15, 0.2) is 54.0 Å². The van der Waals surface area contributed by atoms with Gasteiger partial charge in [-0.25, -0.2) is 4.98 Å². The van der Waals surface area contributed by atoms with Gasteiger partial charge in [-0.15, -0.1) is 11.3 Å². The molecule has 0 bridgehead atoms. The molecular formula is C25H31N4O4PS. The molecule has 186 valence electrons.